The maximum absolute atomic E-state index is 13.2. The number of fused-ring (bicyclic) bond motifs is 3. The molecule has 4 nitrogen and oxygen atoms in total. The van der Waals surface area contributed by atoms with Gasteiger partial charge in [-0.25, -0.2) is 0 Å². The lowest BCUT2D eigenvalue weighted by molar-refractivity contribution is -0.123. The van der Waals surface area contributed by atoms with Crippen LogP contribution in [0.25, 0.3) is 10.9 Å². The molecule has 0 aliphatic heterocycles. The van der Waals surface area contributed by atoms with Gasteiger partial charge in [0.25, 0.3) is 0 Å². The summed E-state index contributed by atoms with van der Waals surface area (Å²) in [5.41, 5.74) is 7.40. The summed E-state index contributed by atoms with van der Waals surface area (Å²) in [6, 6.07) is 21.2. The van der Waals surface area contributed by atoms with Gasteiger partial charge in [0, 0.05) is 42.1 Å². The maximum atomic E-state index is 13.2. The van der Waals surface area contributed by atoms with Crippen LogP contribution in [0.15, 0.2) is 73.1 Å². The molecule has 0 fully saturated rings. The Bertz CT molecular complexity index is 1210. The third-order valence-corrected chi connectivity index (χ3v) is 6.37. The van der Waals surface area contributed by atoms with E-state index in [0.29, 0.717) is 6.54 Å². The molecule has 156 valence electrons. The summed E-state index contributed by atoms with van der Waals surface area (Å²) in [7, 11) is 0. The number of nitrogens with one attached hydrogen (secondary N) is 1. The quantitative estimate of drug-likeness (QED) is 0.497. The smallest absolute Gasteiger partial charge is 0.227 e. The van der Waals surface area contributed by atoms with Gasteiger partial charge in [0.1, 0.15) is 0 Å². The molecule has 0 radical (unpaired) electrons. The molecule has 2 heterocycles. The number of carbonyl (C=O) groups excluding carboxylic acids is 1. The minimum absolute atomic E-state index is 0.102. The molecule has 0 spiro atoms. The van der Waals surface area contributed by atoms with Crippen molar-refractivity contribution in [3.63, 3.8) is 0 Å². The lowest BCUT2D eigenvalue weighted by atomic mass is 9.84. The number of amides is 1. The number of hydrogen-bond donors (Lipinski definition) is 1. The van der Waals surface area contributed by atoms with E-state index in [1.165, 1.54) is 33.3 Å². The first-order valence-electron chi connectivity index (χ1n) is 11.0. The zero-order chi connectivity index (χ0) is 21.2. The van der Waals surface area contributed by atoms with Crippen LogP contribution in [-0.4, -0.2) is 15.5 Å². The van der Waals surface area contributed by atoms with Gasteiger partial charge in [0.2, 0.25) is 5.91 Å². The number of rotatable bonds is 5. The summed E-state index contributed by atoms with van der Waals surface area (Å²) in [4.78, 5) is 17.3. The first kappa shape index (κ1) is 19.6. The lowest BCUT2D eigenvalue weighted by Crippen LogP contribution is -2.31. The van der Waals surface area contributed by atoms with Crippen LogP contribution in [0.1, 0.15) is 46.7 Å². The van der Waals surface area contributed by atoms with Gasteiger partial charge in [0.15, 0.2) is 0 Å². The van der Waals surface area contributed by atoms with E-state index in [4.69, 9.17) is 0 Å². The fourth-order valence-electron chi connectivity index (χ4n) is 4.79. The normalized spacial score (nSPS) is 15.6. The monoisotopic (exact) mass is 409 g/mol. The second-order valence-electron chi connectivity index (χ2n) is 8.47. The summed E-state index contributed by atoms with van der Waals surface area (Å²) < 4.78 is 2.43. The number of aryl methyl sites for hydroxylation is 1. The van der Waals surface area contributed by atoms with Crippen LogP contribution in [0.2, 0.25) is 0 Å². The Kier molecular flexibility index (Phi) is 5.29. The molecule has 0 saturated heterocycles. The first-order valence-corrected chi connectivity index (χ1v) is 11.0. The molecule has 2 aromatic heterocycles. The lowest BCUT2D eigenvalue weighted by Gasteiger charge is -2.24. The number of aromatic nitrogens is 2. The molecule has 1 atom stereocenters. The van der Waals surface area contributed by atoms with Crippen molar-refractivity contribution < 1.29 is 4.79 Å². The molecule has 5 rings (SSSR count). The predicted molar refractivity (Wildman–Crippen MR) is 124 cm³/mol. The second-order valence-corrected chi connectivity index (χ2v) is 8.47. The van der Waals surface area contributed by atoms with Gasteiger partial charge >= 0.3 is 0 Å². The van der Waals surface area contributed by atoms with Gasteiger partial charge in [-0.15, -0.1) is 0 Å². The Hall–Kier alpha value is -3.40. The van der Waals surface area contributed by atoms with Crippen LogP contribution in [0, 0.1) is 6.92 Å². The maximum Gasteiger partial charge on any atom is 0.227 e. The van der Waals surface area contributed by atoms with Crippen molar-refractivity contribution >= 4 is 16.8 Å². The van der Waals surface area contributed by atoms with Gasteiger partial charge < -0.3 is 9.88 Å². The fraction of sp³-hybridized carbons (Fsp3) is 0.259. The number of nitrogens with zero attached hydrogens (tertiary/aromatic N) is 2. The summed E-state index contributed by atoms with van der Waals surface area (Å²) in [5.74, 6) is 0.0192. The molecule has 4 aromatic rings. The molecule has 1 amide bonds. The second kappa shape index (κ2) is 8.38. The first-order chi connectivity index (χ1) is 15.2. The predicted octanol–water partition coefficient (Wildman–Crippen LogP) is 5.13. The van der Waals surface area contributed by atoms with Gasteiger partial charge in [-0.3, -0.25) is 9.78 Å². The zero-order valence-electron chi connectivity index (χ0n) is 17.8. The number of benzene rings is 2. The van der Waals surface area contributed by atoms with E-state index in [1.54, 1.807) is 12.4 Å². The Balaban J connectivity index is 1.49. The van der Waals surface area contributed by atoms with Gasteiger partial charge in [0.05, 0.1) is 5.92 Å². The number of pyridine rings is 1. The molecule has 4 heteroatoms. The number of para-hydroxylation sites is 1. The van der Waals surface area contributed by atoms with E-state index < -0.39 is 0 Å². The van der Waals surface area contributed by atoms with E-state index in [2.05, 4.69) is 70.3 Å². The largest absolute Gasteiger partial charge is 0.351 e. The average molecular weight is 410 g/mol. The molecule has 0 saturated carbocycles. The van der Waals surface area contributed by atoms with Crippen molar-refractivity contribution in [2.45, 2.75) is 45.2 Å². The summed E-state index contributed by atoms with van der Waals surface area (Å²) in [6.45, 7) is 3.49. The Morgan fingerprint density at radius 1 is 1.03 bits per heavy atom. The van der Waals surface area contributed by atoms with E-state index in [-0.39, 0.29) is 11.8 Å². The molecule has 1 aliphatic rings. The van der Waals surface area contributed by atoms with Gasteiger partial charge in [-0.1, -0.05) is 48.0 Å². The van der Waals surface area contributed by atoms with Crippen molar-refractivity contribution in [1.82, 2.24) is 14.9 Å². The van der Waals surface area contributed by atoms with Crippen LogP contribution < -0.4 is 5.32 Å². The Morgan fingerprint density at radius 2 is 1.81 bits per heavy atom. The molecule has 1 unspecified atom stereocenters. The minimum Gasteiger partial charge on any atom is -0.351 e. The zero-order valence-corrected chi connectivity index (χ0v) is 17.8. The highest BCUT2D eigenvalue weighted by molar-refractivity contribution is 5.94. The van der Waals surface area contributed by atoms with Crippen molar-refractivity contribution in [2.24, 2.45) is 0 Å². The van der Waals surface area contributed by atoms with E-state index in [9.17, 15) is 4.79 Å². The van der Waals surface area contributed by atoms with Crippen LogP contribution in [0.5, 0.6) is 0 Å². The molecule has 2 aromatic carbocycles. The van der Waals surface area contributed by atoms with Gasteiger partial charge in [-0.05, 0) is 61.1 Å². The fourth-order valence-corrected chi connectivity index (χ4v) is 4.79. The number of hydrogen-bond acceptors (Lipinski definition) is 2. The van der Waals surface area contributed by atoms with E-state index in [0.717, 1.165) is 31.4 Å². The Labute approximate surface area is 182 Å². The summed E-state index contributed by atoms with van der Waals surface area (Å²) >= 11 is 0. The molecule has 31 heavy (non-hydrogen) atoms. The van der Waals surface area contributed by atoms with E-state index >= 15 is 0 Å². The highest BCUT2D eigenvalue weighted by atomic mass is 16.1. The highest BCUT2D eigenvalue weighted by Gasteiger charge is 2.31. The molecule has 1 N–H and O–H groups in total. The van der Waals surface area contributed by atoms with Crippen molar-refractivity contribution in [2.75, 3.05) is 0 Å². The standard InChI is InChI=1S/C27H27N3O/c1-19-9-11-21(12-10-19)18-30-24-7-3-2-5-22(24)26-23(6-4-8-25(26)30)27(31)29-17-20-13-15-28-16-14-20/h2-3,5,7,9-16,23H,4,6,8,17-18H2,1H3,(H,29,31). The van der Waals surface area contributed by atoms with Crippen molar-refractivity contribution in [1.29, 1.82) is 0 Å². The molecular formula is C27H27N3O. The van der Waals surface area contributed by atoms with Crippen LogP contribution in [0.4, 0.5) is 0 Å². The van der Waals surface area contributed by atoms with Crippen LogP contribution >= 0.6 is 0 Å². The van der Waals surface area contributed by atoms with Crippen molar-refractivity contribution in [3.05, 3.63) is 101 Å². The highest BCUT2D eigenvalue weighted by Crippen LogP contribution is 2.39. The summed E-state index contributed by atoms with van der Waals surface area (Å²) in [6.07, 6.45) is 6.47. The molecule has 1 aliphatic carbocycles. The molecule has 0 bridgehead atoms. The summed E-state index contributed by atoms with van der Waals surface area (Å²) in [5, 5.41) is 4.38. The van der Waals surface area contributed by atoms with Crippen molar-refractivity contribution in [3.8, 4) is 0 Å². The van der Waals surface area contributed by atoms with Gasteiger partial charge in [-0.2, -0.15) is 0 Å². The SMILES string of the molecule is Cc1ccc(Cn2c3c(c4ccccc42)C(C(=O)NCc2ccncc2)CCC3)cc1. The van der Waals surface area contributed by atoms with Crippen LogP contribution in [0.3, 0.4) is 0 Å². The minimum atomic E-state index is -0.102. The number of carbonyl (C=O) groups is 1. The third kappa shape index (κ3) is 3.86. The molecular weight excluding hydrogens is 382 g/mol. The Morgan fingerprint density at radius 3 is 2.61 bits per heavy atom. The van der Waals surface area contributed by atoms with E-state index in [1.807, 2.05) is 12.1 Å². The topological polar surface area (TPSA) is 46.9 Å². The third-order valence-electron chi connectivity index (χ3n) is 6.37. The van der Waals surface area contributed by atoms with Crippen LogP contribution in [-0.2, 0) is 24.3 Å². The average Bonchev–Trinajstić information content (AvgIpc) is 3.13.